The number of sulfone groups is 1. The molecule has 0 aliphatic heterocycles. The Hall–Kier alpha value is -1.89. The lowest BCUT2D eigenvalue weighted by atomic mass is 9.99. The molecule has 1 aliphatic rings. The number of carbonyl (C=O) groups excluding carboxylic acids is 1. The molecule has 0 spiro atoms. The average molecular weight is 394 g/mol. The Morgan fingerprint density at radius 2 is 1.88 bits per heavy atom. The normalized spacial score (nSPS) is 24.9. The van der Waals surface area contributed by atoms with Crippen molar-refractivity contribution in [3.63, 3.8) is 0 Å². The van der Waals surface area contributed by atoms with E-state index >= 15 is 0 Å². The van der Waals surface area contributed by atoms with Crippen molar-refractivity contribution in [3.05, 3.63) is 65.2 Å². The van der Waals surface area contributed by atoms with Crippen LogP contribution in [0.25, 0.3) is 0 Å². The van der Waals surface area contributed by atoms with E-state index in [1.807, 2.05) is 0 Å². The molecule has 5 nitrogen and oxygen atoms in total. The molecule has 2 aromatic rings. The molecule has 3 atom stereocenters. The number of rotatable bonds is 6. The van der Waals surface area contributed by atoms with Crippen LogP contribution >= 0.6 is 11.6 Å². The fourth-order valence-electron chi connectivity index (χ4n) is 3.62. The Labute approximate surface area is 158 Å². The van der Waals surface area contributed by atoms with Crippen molar-refractivity contribution in [2.24, 2.45) is 11.1 Å². The van der Waals surface area contributed by atoms with Gasteiger partial charge in [-0.05, 0) is 36.8 Å². The lowest BCUT2D eigenvalue weighted by Crippen LogP contribution is -2.33. The Morgan fingerprint density at radius 1 is 1.19 bits per heavy atom. The Balaban J connectivity index is 2.13. The summed E-state index contributed by atoms with van der Waals surface area (Å²) in [5.41, 5.74) is 5.29. The molecule has 0 aromatic heterocycles. The van der Waals surface area contributed by atoms with Crippen LogP contribution < -0.4 is 5.73 Å². The van der Waals surface area contributed by atoms with E-state index in [0.29, 0.717) is 10.6 Å². The maximum atomic E-state index is 13.3. The smallest absolute Gasteiger partial charge is 0.315 e. The highest BCUT2D eigenvalue weighted by Gasteiger charge is 2.75. The van der Waals surface area contributed by atoms with E-state index in [4.69, 9.17) is 22.1 Å². The Kier molecular flexibility index (Phi) is 5.10. The molecule has 0 bridgehead atoms. The van der Waals surface area contributed by atoms with Crippen molar-refractivity contribution in [1.29, 1.82) is 0 Å². The molecule has 0 radical (unpaired) electrons. The molecule has 3 rings (SSSR count). The topological polar surface area (TPSA) is 86.5 Å². The minimum absolute atomic E-state index is 0.125. The highest BCUT2D eigenvalue weighted by Crippen LogP contribution is 2.64. The van der Waals surface area contributed by atoms with Gasteiger partial charge in [0.05, 0.1) is 16.8 Å². The number of hydrogen-bond acceptors (Lipinski definition) is 5. The zero-order valence-corrected chi connectivity index (χ0v) is 15.8. The highest BCUT2D eigenvalue weighted by atomic mass is 35.5. The second-order valence-electron chi connectivity index (χ2n) is 6.28. The van der Waals surface area contributed by atoms with Crippen LogP contribution in [0, 0.1) is 5.41 Å². The molecule has 2 N–H and O–H groups in total. The number of carbonyl (C=O) groups is 1. The summed E-state index contributed by atoms with van der Waals surface area (Å²) in [5.74, 6) is -1.19. The van der Waals surface area contributed by atoms with Gasteiger partial charge in [0.2, 0.25) is 0 Å². The number of ether oxygens (including phenoxy) is 1. The van der Waals surface area contributed by atoms with Gasteiger partial charge in [-0.25, -0.2) is 8.42 Å². The molecule has 7 heteroatoms. The number of nitrogens with two attached hydrogens (primary N) is 1. The first-order valence-electron chi connectivity index (χ1n) is 8.31. The molecule has 0 saturated heterocycles. The van der Waals surface area contributed by atoms with Crippen molar-refractivity contribution in [2.75, 3.05) is 13.2 Å². The van der Waals surface area contributed by atoms with Gasteiger partial charge in [0.15, 0.2) is 9.84 Å². The Morgan fingerprint density at radius 3 is 2.46 bits per heavy atom. The van der Waals surface area contributed by atoms with Gasteiger partial charge >= 0.3 is 5.97 Å². The van der Waals surface area contributed by atoms with Crippen molar-refractivity contribution in [3.8, 4) is 0 Å². The van der Waals surface area contributed by atoms with E-state index < -0.39 is 32.4 Å². The predicted molar refractivity (Wildman–Crippen MR) is 99.7 cm³/mol. The van der Waals surface area contributed by atoms with Crippen LogP contribution in [-0.4, -0.2) is 32.8 Å². The summed E-state index contributed by atoms with van der Waals surface area (Å²) in [6.07, 6.45) is 0. The summed E-state index contributed by atoms with van der Waals surface area (Å²) >= 11 is 6.08. The zero-order valence-electron chi connectivity index (χ0n) is 14.3. The third-order valence-corrected chi connectivity index (χ3v) is 7.39. The minimum atomic E-state index is -3.78. The standard InChI is InChI=1S/C19H20ClNO4S/c1-2-25-18(22)19(12-21)16(13-7-6-8-14(20)11-13)17(19)26(23,24)15-9-4-3-5-10-15/h3-11,16-17H,2,12,21H2,1H3/t16-,17-,19-/m1/s1. The fourth-order valence-corrected chi connectivity index (χ4v) is 6.23. The molecule has 0 amide bonds. The minimum Gasteiger partial charge on any atom is -0.465 e. The van der Waals surface area contributed by atoms with Gasteiger partial charge in [0.1, 0.15) is 5.41 Å². The quantitative estimate of drug-likeness (QED) is 0.762. The van der Waals surface area contributed by atoms with Crippen LogP contribution in [0.4, 0.5) is 0 Å². The summed E-state index contributed by atoms with van der Waals surface area (Å²) in [4.78, 5) is 12.9. The van der Waals surface area contributed by atoms with Gasteiger partial charge in [0, 0.05) is 17.5 Å². The van der Waals surface area contributed by atoms with Gasteiger partial charge in [-0.3, -0.25) is 4.79 Å². The van der Waals surface area contributed by atoms with Crippen LogP contribution in [0.3, 0.4) is 0 Å². The van der Waals surface area contributed by atoms with Gasteiger partial charge in [-0.15, -0.1) is 0 Å². The van der Waals surface area contributed by atoms with Crippen LogP contribution in [-0.2, 0) is 19.4 Å². The van der Waals surface area contributed by atoms with Crippen LogP contribution in [0.15, 0.2) is 59.5 Å². The van der Waals surface area contributed by atoms with Gasteiger partial charge < -0.3 is 10.5 Å². The van der Waals surface area contributed by atoms with E-state index in [2.05, 4.69) is 0 Å². The lowest BCUT2D eigenvalue weighted by Gasteiger charge is -2.14. The molecule has 2 aromatic carbocycles. The Bertz CT molecular complexity index is 916. The first-order valence-corrected chi connectivity index (χ1v) is 10.2. The molecule has 138 valence electrons. The summed E-state index contributed by atoms with van der Waals surface area (Å²) < 4.78 is 31.7. The maximum Gasteiger partial charge on any atom is 0.315 e. The number of esters is 1. The van der Waals surface area contributed by atoms with E-state index in [-0.39, 0.29) is 18.0 Å². The lowest BCUT2D eigenvalue weighted by molar-refractivity contribution is -0.149. The largest absolute Gasteiger partial charge is 0.465 e. The predicted octanol–water partition coefficient (Wildman–Crippen LogP) is 2.79. The second-order valence-corrected chi connectivity index (χ2v) is 8.78. The van der Waals surface area contributed by atoms with E-state index in [1.54, 1.807) is 49.4 Å². The highest BCUT2D eigenvalue weighted by molar-refractivity contribution is 7.92. The van der Waals surface area contributed by atoms with Gasteiger partial charge in [-0.1, -0.05) is 41.9 Å². The molecule has 0 heterocycles. The third-order valence-electron chi connectivity index (χ3n) is 4.86. The molecule has 1 saturated carbocycles. The summed E-state index contributed by atoms with van der Waals surface area (Å²) in [7, 11) is -3.78. The van der Waals surface area contributed by atoms with Crippen LogP contribution in [0.1, 0.15) is 18.4 Å². The first kappa shape index (κ1) is 18.9. The first-order chi connectivity index (χ1) is 12.4. The average Bonchev–Trinajstić information content (AvgIpc) is 3.34. The van der Waals surface area contributed by atoms with Crippen molar-refractivity contribution >= 4 is 27.4 Å². The third kappa shape index (κ3) is 2.92. The van der Waals surface area contributed by atoms with Crippen molar-refractivity contribution in [2.45, 2.75) is 23.0 Å². The summed E-state index contributed by atoms with van der Waals surface area (Å²) in [6.45, 7) is 1.71. The fraction of sp³-hybridized carbons (Fsp3) is 0.316. The molecular formula is C19H20ClNO4S. The van der Waals surface area contributed by atoms with Gasteiger partial charge in [0.25, 0.3) is 0 Å². The summed E-state index contributed by atoms with van der Waals surface area (Å²) in [5, 5.41) is -0.514. The molecule has 1 aliphatic carbocycles. The van der Waals surface area contributed by atoms with Crippen molar-refractivity contribution in [1.82, 2.24) is 0 Å². The van der Waals surface area contributed by atoms with Crippen LogP contribution in [0.2, 0.25) is 5.02 Å². The number of hydrogen-bond donors (Lipinski definition) is 1. The summed E-state index contributed by atoms with van der Waals surface area (Å²) in [6, 6.07) is 15.0. The number of benzene rings is 2. The van der Waals surface area contributed by atoms with E-state index in [0.717, 1.165) is 0 Å². The van der Waals surface area contributed by atoms with Crippen LogP contribution in [0.5, 0.6) is 0 Å². The van der Waals surface area contributed by atoms with Crippen molar-refractivity contribution < 1.29 is 17.9 Å². The van der Waals surface area contributed by atoms with E-state index in [1.165, 1.54) is 12.1 Å². The number of halogens is 1. The van der Waals surface area contributed by atoms with E-state index in [9.17, 15) is 13.2 Å². The zero-order chi connectivity index (χ0) is 18.9. The molecule has 26 heavy (non-hydrogen) atoms. The molecule has 0 unspecified atom stereocenters. The monoisotopic (exact) mass is 393 g/mol. The molecular weight excluding hydrogens is 374 g/mol. The molecule has 1 fully saturated rings. The SMILES string of the molecule is CCOC(=O)[C@]1(CN)[C@H](c2cccc(Cl)c2)[C@H]1S(=O)(=O)c1ccccc1. The van der Waals surface area contributed by atoms with Gasteiger partial charge in [-0.2, -0.15) is 0 Å². The maximum absolute atomic E-state index is 13.3. The second kappa shape index (κ2) is 7.02.